The van der Waals surface area contributed by atoms with E-state index in [1.807, 2.05) is 35.8 Å². The summed E-state index contributed by atoms with van der Waals surface area (Å²) in [5.74, 6) is 1.22. The Bertz CT molecular complexity index is 1560. The molecule has 0 fully saturated rings. The highest BCUT2D eigenvalue weighted by Crippen LogP contribution is 2.39. The number of hydrogen-bond donors (Lipinski definition) is 0. The Morgan fingerprint density at radius 2 is 1.74 bits per heavy atom. The van der Waals surface area contributed by atoms with Gasteiger partial charge in [-0.25, -0.2) is 0 Å². The van der Waals surface area contributed by atoms with Gasteiger partial charge in [0, 0.05) is 25.5 Å². The molecule has 0 N–H and O–H groups in total. The van der Waals surface area contributed by atoms with Gasteiger partial charge in [0.2, 0.25) is 0 Å². The van der Waals surface area contributed by atoms with Crippen molar-refractivity contribution < 1.29 is 12.6 Å². The molecule has 0 unspecified atom stereocenters. The number of hydrogen-bond acceptors (Lipinski definition) is 7. The van der Waals surface area contributed by atoms with E-state index in [2.05, 4.69) is 40.0 Å². The summed E-state index contributed by atoms with van der Waals surface area (Å²) in [7, 11) is -4.00. The molecule has 0 saturated carbocycles. The minimum atomic E-state index is -4.00. The molecule has 3 heterocycles. The number of fused-ring (bicyclic) bond motifs is 3. The van der Waals surface area contributed by atoms with Gasteiger partial charge >= 0.3 is 0 Å². The minimum absolute atomic E-state index is 0.0689. The van der Waals surface area contributed by atoms with E-state index in [1.54, 1.807) is 23.5 Å². The van der Waals surface area contributed by atoms with Gasteiger partial charge in [-0.3, -0.25) is 13.7 Å². The van der Waals surface area contributed by atoms with E-state index in [0.29, 0.717) is 16.7 Å². The van der Waals surface area contributed by atoms with Crippen molar-refractivity contribution in [3.8, 4) is 5.00 Å². The van der Waals surface area contributed by atoms with E-state index < -0.39 is 16.2 Å². The van der Waals surface area contributed by atoms with Crippen molar-refractivity contribution in [3.63, 3.8) is 0 Å². The van der Waals surface area contributed by atoms with Crippen LogP contribution in [0, 0.1) is 20.8 Å². The fourth-order valence-electron chi connectivity index (χ4n) is 3.93. The molecule has 1 aliphatic heterocycles. The zero-order valence-electron chi connectivity index (χ0n) is 19.0. The molecule has 5 rings (SSSR count). The van der Waals surface area contributed by atoms with Crippen molar-refractivity contribution in [1.82, 2.24) is 14.8 Å². The van der Waals surface area contributed by atoms with Crippen LogP contribution in [0.4, 0.5) is 0 Å². The zero-order valence-corrected chi connectivity index (χ0v) is 23.0. The summed E-state index contributed by atoms with van der Waals surface area (Å²) in [6.45, 7) is 5.78. The molecule has 2 aromatic heterocycles. The molecule has 4 aromatic rings. The van der Waals surface area contributed by atoms with Crippen LogP contribution in [-0.2, 0) is 14.3 Å². The normalized spacial score (nSPS) is 15.3. The van der Waals surface area contributed by atoms with Crippen LogP contribution >= 0.6 is 38.9 Å². The van der Waals surface area contributed by atoms with Crippen LogP contribution in [-0.4, -0.2) is 35.5 Å². The topological polar surface area (TPSA) is 86.4 Å². The van der Waals surface area contributed by atoms with Crippen molar-refractivity contribution >= 4 is 54.7 Å². The van der Waals surface area contributed by atoms with E-state index in [4.69, 9.17) is 20.8 Å². The zero-order chi connectivity index (χ0) is 24.9. The highest BCUT2D eigenvalue weighted by Gasteiger charge is 2.32. The molecule has 0 radical (unpaired) electrons. The summed E-state index contributed by atoms with van der Waals surface area (Å²) in [5.41, 5.74) is 3.67. The predicted octanol–water partition coefficient (Wildman–Crippen LogP) is 5.97. The van der Waals surface area contributed by atoms with E-state index >= 15 is 0 Å². The van der Waals surface area contributed by atoms with Gasteiger partial charge in [0.1, 0.15) is 16.9 Å². The average molecular weight is 592 g/mol. The van der Waals surface area contributed by atoms with Crippen molar-refractivity contribution in [3.05, 3.63) is 91.2 Å². The first-order valence-corrected chi connectivity index (χ1v) is 14.1. The lowest BCUT2D eigenvalue weighted by atomic mass is 10.00. The molecule has 1 aliphatic rings. The average Bonchev–Trinajstić information content (AvgIpc) is 3.29. The third kappa shape index (κ3) is 4.49. The summed E-state index contributed by atoms with van der Waals surface area (Å²) >= 11 is 11.1. The van der Waals surface area contributed by atoms with Gasteiger partial charge in [0.25, 0.3) is 10.1 Å². The maximum absolute atomic E-state index is 12.9. The molecule has 0 amide bonds. The molecule has 0 spiro atoms. The van der Waals surface area contributed by atoms with Gasteiger partial charge in [-0.1, -0.05) is 39.7 Å². The standard InChI is InChI=1S/C24H20BrClN4O3S2/c1-13-14(2)34-24-21(13)22(16-4-8-18(26)9-5-16)27-20(23-29-28-15(3)30(23)24)12-33-35(31,32)19-10-6-17(25)7-11-19/h4-11,20H,12H2,1-3H3/t20-/m0/s1. The second-order valence-corrected chi connectivity index (χ2v) is 12.3. The number of nitrogens with zero attached hydrogens (tertiary/aromatic N) is 4. The smallest absolute Gasteiger partial charge is 0.271 e. The summed E-state index contributed by atoms with van der Waals surface area (Å²) in [4.78, 5) is 6.24. The molecule has 11 heteroatoms. The Morgan fingerprint density at radius 3 is 2.43 bits per heavy atom. The molecular weight excluding hydrogens is 572 g/mol. The number of thiophene rings is 1. The van der Waals surface area contributed by atoms with Crippen LogP contribution in [0.2, 0.25) is 5.02 Å². The van der Waals surface area contributed by atoms with Crippen LogP contribution < -0.4 is 0 Å². The van der Waals surface area contributed by atoms with E-state index in [0.717, 1.165) is 36.8 Å². The summed E-state index contributed by atoms with van der Waals surface area (Å²) in [6.07, 6.45) is 0. The largest absolute Gasteiger partial charge is 0.297 e. The highest BCUT2D eigenvalue weighted by molar-refractivity contribution is 9.10. The van der Waals surface area contributed by atoms with Gasteiger partial charge in [-0.05, 0) is 62.7 Å². The Labute approximate surface area is 220 Å². The molecule has 0 bridgehead atoms. The number of aliphatic imine (C=N–C) groups is 1. The second kappa shape index (κ2) is 9.25. The first kappa shape index (κ1) is 24.3. The minimum Gasteiger partial charge on any atom is -0.271 e. The highest BCUT2D eigenvalue weighted by atomic mass is 79.9. The maximum atomic E-state index is 12.9. The Morgan fingerprint density at radius 1 is 1.06 bits per heavy atom. The fourth-order valence-corrected chi connectivity index (χ4v) is 6.45. The second-order valence-electron chi connectivity index (χ2n) is 8.10. The Kier molecular flexibility index (Phi) is 6.43. The van der Waals surface area contributed by atoms with Gasteiger partial charge in [-0.2, -0.15) is 8.42 Å². The van der Waals surface area contributed by atoms with Crippen LogP contribution in [0.3, 0.4) is 0 Å². The van der Waals surface area contributed by atoms with Crippen LogP contribution in [0.5, 0.6) is 0 Å². The van der Waals surface area contributed by atoms with Crippen LogP contribution in [0.15, 0.2) is 62.9 Å². The van der Waals surface area contributed by atoms with Gasteiger partial charge < -0.3 is 0 Å². The lowest BCUT2D eigenvalue weighted by Crippen LogP contribution is -2.16. The Hall–Kier alpha value is -2.37. The third-order valence-corrected chi connectivity index (χ3v) is 9.11. The van der Waals surface area contributed by atoms with E-state index in [1.165, 1.54) is 12.1 Å². The third-order valence-electron chi connectivity index (χ3n) is 5.84. The predicted molar refractivity (Wildman–Crippen MR) is 141 cm³/mol. The van der Waals surface area contributed by atoms with Crippen LogP contribution in [0.1, 0.15) is 39.3 Å². The number of benzene rings is 2. The van der Waals surface area contributed by atoms with E-state index in [9.17, 15) is 8.42 Å². The van der Waals surface area contributed by atoms with E-state index in [-0.39, 0.29) is 11.5 Å². The van der Waals surface area contributed by atoms with Crippen LogP contribution in [0.25, 0.3) is 5.00 Å². The monoisotopic (exact) mass is 590 g/mol. The SMILES string of the molecule is Cc1sc2c(c1C)C(c1ccc(Cl)cc1)=N[C@@H](COS(=O)(=O)c1ccc(Br)cc1)c1nnc(C)n1-2. The molecular formula is C24H20BrClN4O3S2. The number of halogens is 2. The number of aromatic nitrogens is 3. The molecule has 35 heavy (non-hydrogen) atoms. The molecule has 2 aromatic carbocycles. The first-order chi connectivity index (χ1) is 16.7. The molecule has 180 valence electrons. The maximum Gasteiger partial charge on any atom is 0.297 e. The quantitative estimate of drug-likeness (QED) is 0.267. The van der Waals surface area contributed by atoms with Crippen molar-refractivity contribution in [2.45, 2.75) is 31.7 Å². The lowest BCUT2D eigenvalue weighted by Gasteiger charge is -2.13. The lowest BCUT2D eigenvalue weighted by molar-refractivity contribution is 0.289. The number of rotatable bonds is 5. The molecule has 0 aliphatic carbocycles. The van der Waals surface area contributed by atoms with Gasteiger partial charge in [0.05, 0.1) is 17.2 Å². The summed E-state index contributed by atoms with van der Waals surface area (Å²) in [5, 5.41) is 10.2. The summed E-state index contributed by atoms with van der Waals surface area (Å²) in [6, 6.07) is 13.0. The Balaban J connectivity index is 1.63. The molecule has 1 atom stereocenters. The first-order valence-electron chi connectivity index (χ1n) is 10.7. The number of aryl methyl sites for hydroxylation is 2. The fraction of sp³-hybridized carbons (Fsp3) is 0.208. The van der Waals surface area contributed by atoms with Crippen molar-refractivity contribution in [2.75, 3.05) is 6.61 Å². The van der Waals surface area contributed by atoms with Crippen molar-refractivity contribution in [2.24, 2.45) is 4.99 Å². The molecule has 7 nitrogen and oxygen atoms in total. The van der Waals surface area contributed by atoms with Crippen molar-refractivity contribution in [1.29, 1.82) is 0 Å². The van der Waals surface area contributed by atoms with Gasteiger partial charge in [0.15, 0.2) is 5.82 Å². The molecule has 0 saturated heterocycles. The van der Waals surface area contributed by atoms with Gasteiger partial charge in [-0.15, -0.1) is 21.5 Å². The summed E-state index contributed by atoms with van der Waals surface area (Å²) < 4.78 is 34.0.